The summed E-state index contributed by atoms with van der Waals surface area (Å²) < 4.78 is 44.8. The molecule has 1 amide bonds. The maximum absolute atomic E-state index is 13.3. The molecule has 0 spiro atoms. The standard InChI is InChI=1S/C27H23F3N4O3/c1-2-37-26(36)20-9-11-21(31-18-20)10-7-19-8-12-24(32-17-19)33-13-15-34(16-14-33)25(35)22-5-3-4-6-23(22)27(28,29)30/h3-6,8-9,11-12,17-18H,2,13-16H2,1H3. The van der Waals surface area contributed by atoms with Crippen LogP contribution in [0.3, 0.4) is 0 Å². The Morgan fingerprint density at radius 3 is 2.32 bits per heavy atom. The number of halogens is 3. The van der Waals surface area contributed by atoms with Gasteiger partial charge < -0.3 is 14.5 Å². The van der Waals surface area contributed by atoms with E-state index in [9.17, 15) is 22.8 Å². The lowest BCUT2D eigenvalue weighted by Gasteiger charge is -2.35. The predicted molar refractivity (Wildman–Crippen MR) is 130 cm³/mol. The zero-order valence-electron chi connectivity index (χ0n) is 20.0. The number of carbonyl (C=O) groups excluding carboxylic acids is 2. The Labute approximate surface area is 211 Å². The van der Waals surface area contributed by atoms with Crippen LogP contribution in [0.25, 0.3) is 0 Å². The van der Waals surface area contributed by atoms with Gasteiger partial charge in [0, 0.05) is 44.1 Å². The van der Waals surface area contributed by atoms with Gasteiger partial charge in [-0.1, -0.05) is 18.1 Å². The van der Waals surface area contributed by atoms with E-state index in [1.165, 1.54) is 29.3 Å². The van der Waals surface area contributed by atoms with E-state index in [2.05, 4.69) is 21.8 Å². The van der Waals surface area contributed by atoms with Gasteiger partial charge in [-0.25, -0.2) is 14.8 Å². The van der Waals surface area contributed by atoms with Crippen molar-refractivity contribution in [2.75, 3.05) is 37.7 Å². The molecule has 1 fully saturated rings. The third kappa shape index (κ3) is 6.25. The number of nitrogens with zero attached hydrogens (tertiary/aromatic N) is 4. The first-order chi connectivity index (χ1) is 17.8. The molecule has 3 aromatic rings. The fourth-order valence-corrected chi connectivity index (χ4v) is 3.81. The Morgan fingerprint density at radius 1 is 0.946 bits per heavy atom. The number of pyridine rings is 2. The number of hydrogen-bond donors (Lipinski definition) is 0. The van der Waals surface area contributed by atoms with Gasteiger partial charge in [-0.15, -0.1) is 0 Å². The molecule has 4 rings (SSSR count). The van der Waals surface area contributed by atoms with Crippen LogP contribution < -0.4 is 4.90 Å². The Hall–Kier alpha value is -4.39. The van der Waals surface area contributed by atoms with Crippen molar-refractivity contribution in [1.82, 2.24) is 14.9 Å². The van der Waals surface area contributed by atoms with E-state index < -0.39 is 23.6 Å². The van der Waals surface area contributed by atoms with E-state index in [1.807, 2.05) is 4.90 Å². The van der Waals surface area contributed by atoms with E-state index in [0.717, 1.165) is 6.07 Å². The molecule has 2 aromatic heterocycles. The highest BCUT2D eigenvalue weighted by Crippen LogP contribution is 2.32. The summed E-state index contributed by atoms with van der Waals surface area (Å²) in [6, 6.07) is 11.7. The summed E-state index contributed by atoms with van der Waals surface area (Å²) in [4.78, 5) is 36.5. The predicted octanol–water partition coefficient (Wildman–Crippen LogP) is 4.03. The lowest BCUT2D eigenvalue weighted by Crippen LogP contribution is -2.49. The highest BCUT2D eigenvalue weighted by molar-refractivity contribution is 5.96. The molecule has 37 heavy (non-hydrogen) atoms. The van der Waals surface area contributed by atoms with Gasteiger partial charge in [0.1, 0.15) is 11.5 Å². The molecule has 0 saturated carbocycles. The second-order valence-corrected chi connectivity index (χ2v) is 8.13. The van der Waals surface area contributed by atoms with Crippen LogP contribution in [0.2, 0.25) is 0 Å². The fourth-order valence-electron chi connectivity index (χ4n) is 3.81. The van der Waals surface area contributed by atoms with Crippen molar-refractivity contribution in [2.45, 2.75) is 13.1 Å². The number of hydrogen-bond acceptors (Lipinski definition) is 6. The van der Waals surface area contributed by atoms with Crippen molar-refractivity contribution in [3.8, 4) is 11.8 Å². The minimum Gasteiger partial charge on any atom is -0.462 e. The molecule has 190 valence electrons. The van der Waals surface area contributed by atoms with Gasteiger partial charge >= 0.3 is 12.1 Å². The zero-order chi connectivity index (χ0) is 26.4. The van der Waals surface area contributed by atoms with Crippen LogP contribution in [-0.4, -0.2) is 59.5 Å². The molecule has 0 N–H and O–H groups in total. The van der Waals surface area contributed by atoms with E-state index >= 15 is 0 Å². The van der Waals surface area contributed by atoms with Gasteiger partial charge in [0.25, 0.3) is 5.91 Å². The van der Waals surface area contributed by atoms with Crippen LogP contribution in [-0.2, 0) is 10.9 Å². The second-order valence-electron chi connectivity index (χ2n) is 8.13. The monoisotopic (exact) mass is 508 g/mol. The van der Waals surface area contributed by atoms with Gasteiger partial charge in [-0.2, -0.15) is 13.2 Å². The van der Waals surface area contributed by atoms with E-state index in [4.69, 9.17) is 4.74 Å². The number of anilines is 1. The van der Waals surface area contributed by atoms with Gasteiger partial charge in [-0.05, 0) is 49.2 Å². The first-order valence-corrected chi connectivity index (χ1v) is 11.6. The van der Waals surface area contributed by atoms with Gasteiger partial charge in [-0.3, -0.25) is 4.79 Å². The number of benzene rings is 1. The Morgan fingerprint density at radius 2 is 1.70 bits per heavy atom. The van der Waals surface area contributed by atoms with Crippen molar-refractivity contribution in [1.29, 1.82) is 0 Å². The molecular formula is C27H23F3N4O3. The zero-order valence-corrected chi connectivity index (χ0v) is 20.0. The summed E-state index contributed by atoms with van der Waals surface area (Å²) in [6.07, 6.45) is -1.56. The largest absolute Gasteiger partial charge is 0.462 e. The summed E-state index contributed by atoms with van der Waals surface area (Å²) in [5.41, 5.74) is 0.243. The molecule has 0 aliphatic carbocycles. The SMILES string of the molecule is CCOC(=O)c1ccc(C#Cc2ccc(N3CCN(C(=O)c4ccccc4C(F)(F)F)CC3)nc2)nc1. The van der Waals surface area contributed by atoms with Crippen LogP contribution in [0.5, 0.6) is 0 Å². The van der Waals surface area contributed by atoms with Crippen LogP contribution in [0.15, 0.2) is 60.9 Å². The molecule has 10 heteroatoms. The number of amides is 1. The summed E-state index contributed by atoms with van der Waals surface area (Å²) >= 11 is 0. The smallest absolute Gasteiger partial charge is 0.417 e. The van der Waals surface area contributed by atoms with Crippen LogP contribution >= 0.6 is 0 Å². The molecule has 7 nitrogen and oxygen atoms in total. The summed E-state index contributed by atoms with van der Waals surface area (Å²) in [5, 5.41) is 0. The molecule has 1 aliphatic rings. The van der Waals surface area contributed by atoms with E-state index in [1.54, 1.807) is 37.4 Å². The molecule has 1 aromatic carbocycles. The maximum atomic E-state index is 13.3. The number of alkyl halides is 3. The second kappa shape index (κ2) is 11.1. The number of carbonyl (C=O) groups is 2. The Bertz CT molecular complexity index is 1320. The van der Waals surface area contributed by atoms with E-state index in [0.29, 0.717) is 35.7 Å². The van der Waals surface area contributed by atoms with Crippen molar-refractivity contribution in [2.24, 2.45) is 0 Å². The minimum absolute atomic E-state index is 0.279. The fraction of sp³-hybridized carbons (Fsp3) is 0.259. The van der Waals surface area contributed by atoms with Crippen molar-refractivity contribution in [3.63, 3.8) is 0 Å². The van der Waals surface area contributed by atoms with Crippen LogP contribution in [0, 0.1) is 11.8 Å². The molecule has 3 heterocycles. The lowest BCUT2D eigenvalue weighted by atomic mass is 10.1. The number of esters is 1. The van der Waals surface area contributed by atoms with Gasteiger partial charge in [0.2, 0.25) is 0 Å². The summed E-state index contributed by atoms with van der Waals surface area (Å²) in [7, 11) is 0. The van der Waals surface area contributed by atoms with Crippen LogP contribution in [0.1, 0.15) is 44.5 Å². The number of rotatable bonds is 4. The lowest BCUT2D eigenvalue weighted by molar-refractivity contribution is -0.138. The molecule has 0 atom stereocenters. The topological polar surface area (TPSA) is 75.6 Å². The average molecular weight is 509 g/mol. The van der Waals surface area contributed by atoms with Gasteiger partial charge in [0.05, 0.1) is 23.3 Å². The number of ether oxygens (including phenoxy) is 1. The molecular weight excluding hydrogens is 485 g/mol. The van der Waals surface area contributed by atoms with Crippen LogP contribution in [0.4, 0.5) is 19.0 Å². The highest BCUT2D eigenvalue weighted by atomic mass is 19.4. The maximum Gasteiger partial charge on any atom is 0.417 e. The third-order valence-corrected chi connectivity index (χ3v) is 5.71. The number of aromatic nitrogens is 2. The van der Waals surface area contributed by atoms with Gasteiger partial charge in [0.15, 0.2) is 0 Å². The average Bonchev–Trinajstić information content (AvgIpc) is 2.92. The normalized spacial score (nSPS) is 13.5. The van der Waals surface area contributed by atoms with Crippen molar-refractivity contribution >= 4 is 17.7 Å². The number of piperazine rings is 1. The molecule has 0 bridgehead atoms. The Kier molecular flexibility index (Phi) is 7.72. The quantitative estimate of drug-likeness (QED) is 0.391. The van der Waals surface area contributed by atoms with Crippen molar-refractivity contribution < 1.29 is 27.5 Å². The molecule has 0 unspecified atom stereocenters. The summed E-state index contributed by atoms with van der Waals surface area (Å²) in [5.74, 6) is 5.50. The minimum atomic E-state index is -4.59. The highest BCUT2D eigenvalue weighted by Gasteiger charge is 2.36. The first kappa shape index (κ1) is 25.7. The molecule has 0 radical (unpaired) electrons. The Balaban J connectivity index is 1.35. The first-order valence-electron chi connectivity index (χ1n) is 11.6. The van der Waals surface area contributed by atoms with E-state index in [-0.39, 0.29) is 25.3 Å². The molecule has 1 saturated heterocycles. The third-order valence-electron chi connectivity index (χ3n) is 5.71. The molecule has 1 aliphatic heterocycles. The van der Waals surface area contributed by atoms with Crippen molar-refractivity contribution in [3.05, 3.63) is 88.9 Å². The summed E-state index contributed by atoms with van der Waals surface area (Å²) in [6.45, 7) is 3.45.